The average Bonchev–Trinajstić information content (AvgIpc) is 2.88. The lowest BCUT2D eigenvalue weighted by atomic mass is 10.2. The van der Waals surface area contributed by atoms with Gasteiger partial charge in [0.1, 0.15) is 11.9 Å². The highest BCUT2D eigenvalue weighted by Crippen LogP contribution is 2.23. The normalized spacial score (nSPS) is 16.6. The largest absolute Gasteiger partial charge is 0.315 e. The van der Waals surface area contributed by atoms with E-state index >= 15 is 0 Å². The minimum Gasteiger partial charge on any atom is -0.315 e. The molecule has 0 spiro atoms. The molecule has 1 aliphatic heterocycles. The quantitative estimate of drug-likeness (QED) is 0.634. The van der Waals surface area contributed by atoms with Crippen molar-refractivity contribution < 1.29 is 14.6 Å². The molecule has 0 aromatic heterocycles. The lowest BCUT2D eigenvalue weighted by molar-refractivity contribution is -0.482. The zero-order chi connectivity index (χ0) is 14.7. The van der Waals surface area contributed by atoms with Crippen molar-refractivity contribution in [3.63, 3.8) is 0 Å². The van der Waals surface area contributed by atoms with E-state index < -0.39 is 27.5 Å². The van der Waals surface area contributed by atoms with Gasteiger partial charge >= 0.3 is 0 Å². The summed E-state index contributed by atoms with van der Waals surface area (Å²) in [5.74, 6) is -0.904. The highest BCUT2D eigenvalue weighted by atomic mass is 16.6. The second kappa shape index (κ2) is 5.22. The zero-order valence-corrected chi connectivity index (χ0v) is 9.79. The first-order chi connectivity index (χ1) is 9.50. The monoisotopic (exact) mass is 277 g/mol. The molecule has 1 aromatic rings. The van der Waals surface area contributed by atoms with E-state index in [0.29, 0.717) is 0 Å². The average molecular weight is 277 g/mol. The minimum absolute atomic E-state index is 0.0702. The molecule has 0 aliphatic carbocycles. The Morgan fingerprint density at radius 3 is 2.60 bits per heavy atom. The van der Waals surface area contributed by atoms with E-state index in [4.69, 9.17) is 0 Å². The molecule has 1 aromatic carbocycles. The Bertz CT molecular complexity index is 653. The number of carbonyl (C=O) groups excluding carboxylic acids is 1. The maximum Gasteiger partial charge on any atom is 0.298 e. The lowest BCUT2D eigenvalue weighted by Gasteiger charge is -2.06. The van der Waals surface area contributed by atoms with E-state index in [-0.39, 0.29) is 11.4 Å². The van der Waals surface area contributed by atoms with Gasteiger partial charge in [-0.05, 0) is 6.07 Å². The zero-order valence-electron chi connectivity index (χ0n) is 9.79. The first-order valence-electron chi connectivity index (χ1n) is 5.30. The van der Waals surface area contributed by atoms with Crippen molar-refractivity contribution in [1.29, 1.82) is 0 Å². The van der Waals surface area contributed by atoms with Gasteiger partial charge in [-0.1, -0.05) is 12.1 Å². The first-order valence-corrected chi connectivity index (χ1v) is 5.30. The summed E-state index contributed by atoms with van der Waals surface area (Å²) in [5, 5.41) is 30.4. The summed E-state index contributed by atoms with van der Waals surface area (Å²) in [6.07, 6.45) is 0.911. The molecular formula is C10H7N5O5. The van der Waals surface area contributed by atoms with Crippen LogP contribution >= 0.6 is 0 Å². The Hall–Kier alpha value is -3.17. The van der Waals surface area contributed by atoms with E-state index in [9.17, 15) is 25.0 Å². The van der Waals surface area contributed by atoms with Gasteiger partial charge in [0, 0.05) is 11.0 Å². The fourth-order valence-corrected chi connectivity index (χ4v) is 1.55. The van der Waals surface area contributed by atoms with Crippen molar-refractivity contribution >= 4 is 29.2 Å². The Labute approximate surface area is 111 Å². The molecular weight excluding hydrogens is 270 g/mol. The SMILES string of the molecule is O=C(Nc1ccccc1[N+](=O)[O-])C1=NN=C[C@H]1[N+](=O)[O-]. The highest BCUT2D eigenvalue weighted by molar-refractivity contribution is 6.47. The van der Waals surface area contributed by atoms with Crippen LogP contribution in [0.15, 0.2) is 34.5 Å². The van der Waals surface area contributed by atoms with Gasteiger partial charge in [0.2, 0.25) is 5.71 Å². The number of nitrogens with zero attached hydrogens (tertiary/aromatic N) is 4. The third-order valence-electron chi connectivity index (χ3n) is 2.46. The van der Waals surface area contributed by atoms with Gasteiger partial charge in [-0.25, -0.2) is 0 Å². The molecule has 1 N–H and O–H groups in total. The lowest BCUT2D eigenvalue weighted by Crippen LogP contribution is -2.37. The van der Waals surface area contributed by atoms with Crippen LogP contribution in [0.5, 0.6) is 0 Å². The second-order valence-corrected chi connectivity index (χ2v) is 3.71. The van der Waals surface area contributed by atoms with Gasteiger partial charge in [-0.2, -0.15) is 5.10 Å². The summed E-state index contributed by atoms with van der Waals surface area (Å²) >= 11 is 0. The maximum absolute atomic E-state index is 11.9. The fraction of sp³-hybridized carbons (Fsp3) is 0.100. The molecule has 1 aliphatic rings. The molecule has 10 nitrogen and oxygen atoms in total. The number of nitro benzene ring substituents is 1. The Balaban J connectivity index is 2.21. The fourth-order valence-electron chi connectivity index (χ4n) is 1.55. The van der Waals surface area contributed by atoms with Crippen LogP contribution in [-0.2, 0) is 4.79 Å². The highest BCUT2D eigenvalue weighted by Gasteiger charge is 2.35. The Morgan fingerprint density at radius 2 is 1.95 bits per heavy atom. The maximum atomic E-state index is 11.9. The van der Waals surface area contributed by atoms with Crippen molar-refractivity contribution in [2.75, 3.05) is 5.32 Å². The molecule has 0 radical (unpaired) electrons. The number of hydrogen-bond acceptors (Lipinski definition) is 7. The van der Waals surface area contributed by atoms with Crippen LogP contribution in [0.1, 0.15) is 0 Å². The molecule has 0 saturated carbocycles. The summed E-state index contributed by atoms with van der Waals surface area (Å²) in [7, 11) is 0. The number of para-hydroxylation sites is 2. The van der Waals surface area contributed by atoms with Crippen LogP contribution < -0.4 is 5.32 Å². The van der Waals surface area contributed by atoms with Gasteiger partial charge in [-0.15, -0.1) is 5.10 Å². The van der Waals surface area contributed by atoms with E-state index in [0.717, 1.165) is 6.21 Å². The van der Waals surface area contributed by atoms with E-state index in [1.807, 2.05) is 0 Å². The van der Waals surface area contributed by atoms with Crippen molar-refractivity contribution in [2.45, 2.75) is 6.04 Å². The van der Waals surface area contributed by atoms with E-state index in [2.05, 4.69) is 15.5 Å². The smallest absolute Gasteiger partial charge is 0.298 e. The van der Waals surface area contributed by atoms with Gasteiger partial charge in [0.15, 0.2) is 0 Å². The standard InChI is InChI=1S/C10H7N5O5/c16-10(9-8(15(19)20)5-11-13-9)12-6-3-1-2-4-7(6)14(17)18/h1-5,8H,(H,12,16)/t8-/m1/s1. The number of amides is 1. The van der Waals surface area contributed by atoms with Gasteiger partial charge in [0.25, 0.3) is 17.6 Å². The van der Waals surface area contributed by atoms with Crippen LogP contribution in [0, 0.1) is 20.2 Å². The third-order valence-corrected chi connectivity index (χ3v) is 2.46. The summed E-state index contributed by atoms with van der Waals surface area (Å²) in [4.78, 5) is 31.9. The summed E-state index contributed by atoms with van der Waals surface area (Å²) in [5.41, 5.74) is -0.814. The van der Waals surface area contributed by atoms with Crippen molar-refractivity contribution in [2.24, 2.45) is 10.2 Å². The topological polar surface area (TPSA) is 140 Å². The number of carbonyl (C=O) groups is 1. The Morgan fingerprint density at radius 1 is 1.25 bits per heavy atom. The predicted molar refractivity (Wildman–Crippen MR) is 68.4 cm³/mol. The molecule has 1 heterocycles. The number of nitro groups is 2. The number of rotatable bonds is 4. The first kappa shape index (κ1) is 13.3. The molecule has 0 saturated heterocycles. The molecule has 0 bridgehead atoms. The number of hydrogen-bond donors (Lipinski definition) is 1. The van der Waals surface area contributed by atoms with Crippen LogP contribution in [0.4, 0.5) is 11.4 Å². The molecule has 1 amide bonds. The van der Waals surface area contributed by atoms with E-state index in [1.165, 1.54) is 24.3 Å². The van der Waals surface area contributed by atoms with Gasteiger partial charge in [-0.3, -0.25) is 25.0 Å². The molecule has 2 rings (SSSR count). The van der Waals surface area contributed by atoms with Crippen LogP contribution in [0.2, 0.25) is 0 Å². The van der Waals surface area contributed by atoms with Crippen LogP contribution in [-0.4, -0.2) is 33.7 Å². The summed E-state index contributed by atoms with van der Waals surface area (Å²) in [6, 6.07) is 3.99. The van der Waals surface area contributed by atoms with E-state index in [1.54, 1.807) is 0 Å². The molecule has 1 atom stereocenters. The molecule has 10 heteroatoms. The number of anilines is 1. The van der Waals surface area contributed by atoms with Gasteiger partial charge in [0.05, 0.1) is 4.92 Å². The third kappa shape index (κ3) is 2.48. The van der Waals surface area contributed by atoms with Gasteiger partial charge < -0.3 is 5.32 Å². The Kier molecular flexibility index (Phi) is 3.46. The molecule has 0 fully saturated rings. The summed E-state index contributed by atoms with van der Waals surface area (Å²) in [6.45, 7) is 0. The molecule has 0 unspecified atom stereocenters. The second-order valence-electron chi connectivity index (χ2n) is 3.71. The summed E-state index contributed by atoms with van der Waals surface area (Å²) < 4.78 is 0. The van der Waals surface area contributed by atoms with Crippen molar-refractivity contribution in [3.8, 4) is 0 Å². The number of benzene rings is 1. The van der Waals surface area contributed by atoms with Crippen molar-refractivity contribution in [3.05, 3.63) is 44.5 Å². The van der Waals surface area contributed by atoms with Crippen LogP contribution in [0.3, 0.4) is 0 Å². The minimum atomic E-state index is -1.45. The molecule has 102 valence electrons. The van der Waals surface area contributed by atoms with Crippen molar-refractivity contribution in [1.82, 2.24) is 0 Å². The van der Waals surface area contributed by atoms with Crippen LogP contribution in [0.25, 0.3) is 0 Å². The predicted octanol–water partition coefficient (Wildman–Crippen LogP) is 0.619. The number of nitrogens with one attached hydrogen (secondary N) is 1. The molecule has 20 heavy (non-hydrogen) atoms.